The quantitative estimate of drug-likeness (QED) is 0.761. The van der Waals surface area contributed by atoms with E-state index in [2.05, 4.69) is 10.6 Å². The van der Waals surface area contributed by atoms with Crippen LogP contribution in [0.15, 0.2) is 6.07 Å². The van der Waals surface area contributed by atoms with Gasteiger partial charge in [-0.3, -0.25) is 4.79 Å². The molecule has 7 heteroatoms. The number of carbonyl (C=O) groups excluding carboxylic acids is 1. The first-order chi connectivity index (χ1) is 8.54. The zero-order chi connectivity index (χ0) is 13.5. The van der Waals surface area contributed by atoms with Gasteiger partial charge in [0.25, 0.3) is 0 Å². The minimum Gasteiger partial charge on any atom is -0.383 e. The molecule has 1 heterocycles. The zero-order valence-electron chi connectivity index (χ0n) is 10.3. The number of hydrogen-bond donors (Lipinski definition) is 2. The normalized spacial score (nSPS) is 12.4. The van der Waals surface area contributed by atoms with E-state index in [1.165, 1.54) is 11.3 Å². The van der Waals surface area contributed by atoms with Crippen LogP contribution in [0.2, 0.25) is 8.67 Å². The molecular weight excluding hydrogens is 295 g/mol. The van der Waals surface area contributed by atoms with Gasteiger partial charge in [-0.1, -0.05) is 23.2 Å². The second kappa shape index (κ2) is 7.96. The molecule has 4 nitrogen and oxygen atoms in total. The first-order valence-electron chi connectivity index (χ1n) is 5.48. The van der Waals surface area contributed by atoms with Crippen LogP contribution < -0.4 is 10.6 Å². The third-order valence-electron chi connectivity index (χ3n) is 2.35. The van der Waals surface area contributed by atoms with Gasteiger partial charge in [-0.05, 0) is 18.6 Å². The van der Waals surface area contributed by atoms with Crippen molar-refractivity contribution < 1.29 is 9.53 Å². The Bertz CT molecular complexity index is 398. The molecule has 1 unspecified atom stereocenters. The average molecular weight is 311 g/mol. The number of rotatable bonds is 7. The first kappa shape index (κ1) is 15.7. The van der Waals surface area contributed by atoms with Gasteiger partial charge in [0.05, 0.1) is 21.8 Å². The molecule has 1 aromatic heterocycles. The Labute approximate surface area is 121 Å². The number of ether oxygens (including phenoxy) is 1. The lowest BCUT2D eigenvalue weighted by Crippen LogP contribution is -2.36. The fourth-order valence-electron chi connectivity index (χ4n) is 1.36. The summed E-state index contributed by atoms with van der Waals surface area (Å²) in [5.41, 5.74) is 0.913. The summed E-state index contributed by atoms with van der Waals surface area (Å²) in [6.07, 6.45) is 0. The van der Waals surface area contributed by atoms with Crippen molar-refractivity contribution in [2.75, 3.05) is 26.8 Å². The number of amides is 1. The molecular formula is C11H16Cl2N2O2S. The third kappa shape index (κ3) is 5.12. The van der Waals surface area contributed by atoms with Gasteiger partial charge < -0.3 is 15.4 Å². The molecule has 18 heavy (non-hydrogen) atoms. The van der Waals surface area contributed by atoms with Crippen LogP contribution in [0, 0.1) is 0 Å². The van der Waals surface area contributed by atoms with E-state index in [1.807, 2.05) is 13.0 Å². The largest absolute Gasteiger partial charge is 0.383 e. The molecule has 0 aromatic carbocycles. The van der Waals surface area contributed by atoms with Gasteiger partial charge in [-0.15, -0.1) is 11.3 Å². The minimum atomic E-state index is -0.0728. The maximum Gasteiger partial charge on any atom is 0.234 e. The van der Waals surface area contributed by atoms with E-state index in [0.29, 0.717) is 21.8 Å². The Morgan fingerprint density at radius 2 is 2.28 bits per heavy atom. The van der Waals surface area contributed by atoms with Crippen molar-refractivity contribution in [3.05, 3.63) is 20.3 Å². The van der Waals surface area contributed by atoms with E-state index in [1.54, 1.807) is 7.11 Å². The van der Waals surface area contributed by atoms with Crippen LogP contribution in [-0.4, -0.2) is 32.7 Å². The highest BCUT2D eigenvalue weighted by Crippen LogP contribution is 2.34. The van der Waals surface area contributed by atoms with Crippen LogP contribution in [0.5, 0.6) is 0 Å². The lowest BCUT2D eigenvalue weighted by Gasteiger charge is -2.13. The number of carbonyl (C=O) groups is 1. The molecule has 102 valence electrons. The fraction of sp³-hybridized carbons (Fsp3) is 0.545. The van der Waals surface area contributed by atoms with Crippen molar-refractivity contribution in [3.8, 4) is 0 Å². The molecule has 0 spiro atoms. The summed E-state index contributed by atoms with van der Waals surface area (Å²) in [7, 11) is 1.59. The predicted octanol–water partition coefficient (Wildman–Crippen LogP) is 2.47. The molecule has 1 aromatic rings. The smallest absolute Gasteiger partial charge is 0.234 e. The lowest BCUT2D eigenvalue weighted by atomic mass is 10.2. The van der Waals surface area contributed by atoms with Gasteiger partial charge in [0, 0.05) is 19.7 Å². The SMILES string of the molecule is COCCNC(=O)CNC(C)c1cc(Cl)sc1Cl. The zero-order valence-corrected chi connectivity index (χ0v) is 12.6. The molecule has 0 fully saturated rings. The molecule has 0 bridgehead atoms. The Kier molecular flexibility index (Phi) is 6.96. The number of hydrogen-bond acceptors (Lipinski definition) is 4. The number of methoxy groups -OCH3 is 1. The predicted molar refractivity (Wildman–Crippen MR) is 75.6 cm³/mol. The van der Waals surface area contributed by atoms with Crippen molar-refractivity contribution in [3.63, 3.8) is 0 Å². The molecule has 1 atom stereocenters. The van der Waals surface area contributed by atoms with Crippen LogP contribution in [-0.2, 0) is 9.53 Å². The minimum absolute atomic E-state index is 0.0191. The number of nitrogens with one attached hydrogen (secondary N) is 2. The second-order valence-corrected chi connectivity index (χ2v) is 6.01. The third-order valence-corrected chi connectivity index (χ3v) is 3.86. The van der Waals surface area contributed by atoms with Crippen LogP contribution in [0.4, 0.5) is 0 Å². The molecule has 0 aliphatic carbocycles. The van der Waals surface area contributed by atoms with E-state index in [-0.39, 0.29) is 18.5 Å². The lowest BCUT2D eigenvalue weighted by molar-refractivity contribution is -0.120. The van der Waals surface area contributed by atoms with Crippen molar-refractivity contribution in [1.82, 2.24) is 10.6 Å². The van der Waals surface area contributed by atoms with Crippen LogP contribution in [0.1, 0.15) is 18.5 Å². The van der Waals surface area contributed by atoms with Crippen LogP contribution in [0.3, 0.4) is 0 Å². The molecule has 1 amide bonds. The van der Waals surface area contributed by atoms with Crippen molar-refractivity contribution in [2.45, 2.75) is 13.0 Å². The number of thiophene rings is 1. The highest BCUT2D eigenvalue weighted by molar-refractivity contribution is 7.20. The summed E-state index contributed by atoms with van der Waals surface area (Å²) in [4.78, 5) is 11.5. The standard InChI is InChI=1S/C11H16Cl2N2O2S/c1-7(8-5-9(12)18-11(8)13)15-6-10(16)14-3-4-17-2/h5,7,15H,3-4,6H2,1-2H3,(H,14,16). The molecule has 0 aliphatic rings. The van der Waals surface area contributed by atoms with Crippen molar-refractivity contribution >= 4 is 40.4 Å². The topological polar surface area (TPSA) is 50.4 Å². The Morgan fingerprint density at radius 1 is 1.56 bits per heavy atom. The highest BCUT2D eigenvalue weighted by Gasteiger charge is 2.13. The van der Waals surface area contributed by atoms with Gasteiger partial charge in [0.2, 0.25) is 5.91 Å². The van der Waals surface area contributed by atoms with E-state index in [4.69, 9.17) is 27.9 Å². The molecule has 0 saturated heterocycles. The van der Waals surface area contributed by atoms with Crippen molar-refractivity contribution in [2.24, 2.45) is 0 Å². The van der Waals surface area contributed by atoms with Crippen LogP contribution >= 0.6 is 34.5 Å². The average Bonchev–Trinajstić information content (AvgIpc) is 2.66. The summed E-state index contributed by atoms with van der Waals surface area (Å²) in [5.74, 6) is -0.0728. The van der Waals surface area contributed by atoms with E-state index in [0.717, 1.165) is 5.56 Å². The maximum absolute atomic E-state index is 11.5. The van der Waals surface area contributed by atoms with E-state index < -0.39 is 0 Å². The summed E-state index contributed by atoms with van der Waals surface area (Å²) in [6.45, 7) is 3.19. The van der Waals surface area contributed by atoms with Crippen molar-refractivity contribution in [1.29, 1.82) is 0 Å². The molecule has 2 N–H and O–H groups in total. The fourth-order valence-corrected chi connectivity index (χ4v) is 3.00. The number of halogens is 2. The molecule has 0 radical (unpaired) electrons. The molecule has 0 aliphatic heterocycles. The van der Waals surface area contributed by atoms with E-state index >= 15 is 0 Å². The van der Waals surface area contributed by atoms with Gasteiger partial charge in [0.15, 0.2) is 0 Å². The Morgan fingerprint density at radius 3 is 2.83 bits per heavy atom. The van der Waals surface area contributed by atoms with Gasteiger partial charge in [-0.2, -0.15) is 0 Å². The highest BCUT2D eigenvalue weighted by atomic mass is 35.5. The Hall–Kier alpha value is -0.330. The van der Waals surface area contributed by atoms with Gasteiger partial charge in [0.1, 0.15) is 0 Å². The summed E-state index contributed by atoms with van der Waals surface area (Å²) in [6, 6.07) is 1.80. The second-order valence-electron chi connectivity index (χ2n) is 3.72. The molecule has 1 rings (SSSR count). The van der Waals surface area contributed by atoms with Crippen LogP contribution in [0.25, 0.3) is 0 Å². The first-order valence-corrected chi connectivity index (χ1v) is 7.05. The Balaban J connectivity index is 2.34. The summed E-state index contributed by atoms with van der Waals surface area (Å²) >= 11 is 13.2. The summed E-state index contributed by atoms with van der Waals surface area (Å²) < 4.78 is 6.14. The maximum atomic E-state index is 11.5. The monoisotopic (exact) mass is 310 g/mol. The van der Waals surface area contributed by atoms with E-state index in [9.17, 15) is 4.79 Å². The van der Waals surface area contributed by atoms with Gasteiger partial charge >= 0.3 is 0 Å². The molecule has 0 saturated carbocycles. The van der Waals surface area contributed by atoms with Gasteiger partial charge in [-0.25, -0.2) is 0 Å². The summed E-state index contributed by atoms with van der Waals surface area (Å²) in [5, 5.41) is 5.82.